The summed E-state index contributed by atoms with van der Waals surface area (Å²) in [4.78, 5) is 2.60. The summed E-state index contributed by atoms with van der Waals surface area (Å²) in [5.41, 5.74) is 0. The summed E-state index contributed by atoms with van der Waals surface area (Å²) in [5.74, 6) is 0.891. The molecule has 1 N–H and O–H groups in total. The van der Waals surface area contributed by atoms with Crippen LogP contribution in [0.3, 0.4) is 0 Å². The molecule has 3 nitrogen and oxygen atoms in total. The monoisotopic (exact) mass is 212 g/mol. The van der Waals surface area contributed by atoms with Gasteiger partial charge in [-0.1, -0.05) is 0 Å². The lowest BCUT2D eigenvalue weighted by Gasteiger charge is -2.38. The first-order chi connectivity index (χ1) is 7.25. The van der Waals surface area contributed by atoms with Crippen molar-refractivity contribution in [2.24, 2.45) is 5.92 Å². The number of hydrogen-bond acceptors (Lipinski definition) is 3. The van der Waals surface area contributed by atoms with Crippen LogP contribution in [0.4, 0.5) is 0 Å². The molecule has 2 aliphatic rings. The van der Waals surface area contributed by atoms with E-state index in [1.165, 1.54) is 25.9 Å². The summed E-state index contributed by atoms with van der Waals surface area (Å²) in [6.07, 6.45) is 2.68. The second-order valence-corrected chi connectivity index (χ2v) is 5.16. The zero-order chi connectivity index (χ0) is 10.7. The SMILES string of the molecule is CC1CC(CN2CCOCC2C)CCN1. The van der Waals surface area contributed by atoms with E-state index < -0.39 is 0 Å². The van der Waals surface area contributed by atoms with Gasteiger partial charge in [-0.05, 0) is 39.2 Å². The van der Waals surface area contributed by atoms with E-state index in [0.29, 0.717) is 12.1 Å². The largest absolute Gasteiger partial charge is 0.379 e. The molecule has 0 aromatic rings. The van der Waals surface area contributed by atoms with Gasteiger partial charge in [0.1, 0.15) is 0 Å². The zero-order valence-electron chi connectivity index (χ0n) is 10.0. The Morgan fingerprint density at radius 1 is 1.40 bits per heavy atom. The minimum Gasteiger partial charge on any atom is -0.379 e. The van der Waals surface area contributed by atoms with Crippen LogP contribution in [-0.4, -0.2) is 49.8 Å². The van der Waals surface area contributed by atoms with Crippen molar-refractivity contribution in [1.29, 1.82) is 0 Å². The molecule has 88 valence electrons. The van der Waals surface area contributed by atoms with Crippen LogP contribution in [-0.2, 0) is 4.74 Å². The number of morpholine rings is 1. The van der Waals surface area contributed by atoms with Gasteiger partial charge in [-0.3, -0.25) is 4.90 Å². The highest BCUT2D eigenvalue weighted by Gasteiger charge is 2.24. The number of hydrogen-bond donors (Lipinski definition) is 1. The van der Waals surface area contributed by atoms with Gasteiger partial charge in [-0.25, -0.2) is 0 Å². The lowest BCUT2D eigenvalue weighted by atomic mass is 9.92. The molecule has 2 rings (SSSR count). The molecule has 15 heavy (non-hydrogen) atoms. The second-order valence-electron chi connectivity index (χ2n) is 5.16. The Morgan fingerprint density at radius 2 is 2.27 bits per heavy atom. The summed E-state index contributed by atoms with van der Waals surface area (Å²) in [6, 6.07) is 1.32. The molecule has 2 heterocycles. The van der Waals surface area contributed by atoms with E-state index in [9.17, 15) is 0 Å². The minimum absolute atomic E-state index is 0.615. The quantitative estimate of drug-likeness (QED) is 0.742. The van der Waals surface area contributed by atoms with Gasteiger partial charge in [0.25, 0.3) is 0 Å². The molecule has 2 fully saturated rings. The molecule has 2 aliphatic heterocycles. The first kappa shape index (κ1) is 11.4. The van der Waals surface area contributed by atoms with E-state index in [1.54, 1.807) is 0 Å². The normalized spacial score (nSPS) is 39.2. The number of ether oxygens (including phenoxy) is 1. The van der Waals surface area contributed by atoms with Gasteiger partial charge >= 0.3 is 0 Å². The molecular formula is C12H24N2O. The van der Waals surface area contributed by atoms with Gasteiger partial charge in [0.15, 0.2) is 0 Å². The predicted molar refractivity (Wildman–Crippen MR) is 62.0 cm³/mol. The Morgan fingerprint density at radius 3 is 3.00 bits per heavy atom. The molecule has 3 unspecified atom stereocenters. The van der Waals surface area contributed by atoms with Crippen LogP contribution < -0.4 is 5.32 Å². The Labute approximate surface area is 93.2 Å². The summed E-state index contributed by atoms with van der Waals surface area (Å²) in [6.45, 7) is 10.0. The summed E-state index contributed by atoms with van der Waals surface area (Å²) >= 11 is 0. The minimum atomic E-state index is 0.615. The van der Waals surface area contributed by atoms with Gasteiger partial charge in [0.2, 0.25) is 0 Å². The highest BCUT2D eigenvalue weighted by Crippen LogP contribution is 2.19. The Bertz CT molecular complexity index is 198. The molecule has 0 radical (unpaired) electrons. The fourth-order valence-corrected chi connectivity index (χ4v) is 2.77. The van der Waals surface area contributed by atoms with Crippen LogP contribution in [0.15, 0.2) is 0 Å². The van der Waals surface area contributed by atoms with Crippen molar-refractivity contribution < 1.29 is 4.74 Å². The first-order valence-corrected chi connectivity index (χ1v) is 6.31. The molecule has 0 spiro atoms. The van der Waals surface area contributed by atoms with Crippen LogP contribution in [0, 0.1) is 5.92 Å². The lowest BCUT2D eigenvalue weighted by molar-refractivity contribution is -0.0100. The third kappa shape index (κ3) is 3.16. The maximum atomic E-state index is 5.47. The predicted octanol–water partition coefficient (Wildman–Crippen LogP) is 1.10. The van der Waals surface area contributed by atoms with Crippen molar-refractivity contribution in [3.05, 3.63) is 0 Å². The van der Waals surface area contributed by atoms with Crippen LogP contribution in [0.1, 0.15) is 26.7 Å². The number of rotatable bonds is 2. The zero-order valence-corrected chi connectivity index (χ0v) is 10.0. The second kappa shape index (κ2) is 5.28. The third-order valence-electron chi connectivity index (χ3n) is 3.73. The van der Waals surface area contributed by atoms with Crippen molar-refractivity contribution in [1.82, 2.24) is 10.2 Å². The molecule has 0 bridgehead atoms. The van der Waals surface area contributed by atoms with E-state index in [1.807, 2.05) is 0 Å². The van der Waals surface area contributed by atoms with E-state index in [4.69, 9.17) is 4.74 Å². The lowest BCUT2D eigenvalue weighted by Crippen LogP contribution is -2.48. The molecule has 3 heteroatoms. The molecule has 0 amide bonds. The van der Waals surface area contributed by atoms with Crippen LogP contribution >= 0.6 is 0 Å². The van der Waals surface area contributed by atoms with E-state index in [2.05, 4.69) is 24.1 Å². The first-order valence-electron chi connectivity index (χ1n) is 6.31. The third-order valence-corrected chi connectivity index (χ3v) is 3.73. The van der Waals surface area contributed by atoms with Crippen molar-refractivity contribution in [2.45, 2.75) is 38.8 Å². The van der Waals surface area contributed by atoms with Crippen molar-refractivity contribution >= 4 is 0 Å². The number of nitrogens with zero attached hydrogens (tertiary/aromatic N) is 1. The fraction of sp³-hybridized carbons (Fsp3) is 1.00. The van der Waals surface area contributed by atoms with E-state index in [-0.39, 0.29) is 0 Å². The van der Waals surface area contributed by atoms with Crippen LogP contribution in [0.2, 0.25) is 0 Å². The van der Waals surface area contributed by atoms with Gasteiger partial charge < -0.3 is 10.1 Å². The standard InChI is InChI=1S/C12H24N2O/c1-10-7-12(3-4-13-10)8-14-5-6-15-9-11(14)2/h10-13H,3-9H2,1-2H3. The average molecular weight is 212 g/mol. The van der Waals surface area contributed by atoms with Gasteiger partial charge in [0, 0.05) is 25.2 Å². The Hall–Kier alpha value is -0.120. The van der Waals surface area contributed by atoms with E-state index >= 15 is 0 Å². The maximum Gasteiger partial charge on any atom is 0.0619 e. The highest BCUT2D eigenvalue weighted by molar-refractivity contribution is 4.80. The molecule has 3 atom stereocenters. The highest BCUT2D eigenvalue weighted by atomic mass is 16.5. The summed E-state index contributed by atoms with van der Waals surface area (Å²) < 4.78 is 5.47. The average Bonchev–Trinajstić information content (AvgIpc) is 2.22. The molecule has 0 aliphatic carbocycles. The Kier molecular flexibility index (Phi) is 4.00. The Balaban J connectivity index is 1.79. The molecule has 0 aromatic heterocycles. The summed E-state index contributed by atoms with van der Waals surface area (Å²) in [5, 5.41) is 3.52. The number of piperidine rings is 1. The summed E-state index contributed by atoms with van der Waals surface area (Å²) in [7, 11) is 0. The molecule has 2 saturated heterocycles. The van der Waals surface area contributed by atoms with Gasteiger partial charge in [-0.15, -0.1) is 0 Å². The van der Waals surface area contributed by atoms with Crippen LogP contribution in [0.25, 0.3) is 0 Å². The smallest absolute Gasteiger partial charge is 0.0619 e. The van der Waals surface area contributed by atoms with Crippen LogP contribution in [0.5, 0.6) is 0 Å². The number of nitrogens with one attached hydrogen (secondary N) is 1. The van der Waals surface area contributed by atoms with Gasteiger partial charge in [0.05, 0.1) is 13.2 Å². The van der Waals surface area contributed by atoms with Crippen molar-refractivity contribution in [3.8, 4) is 0 Å². The van der Waals surface area contributed by atoms with E-state index in [0.717, 1.165) is 25.7 Å². The molecule has 0 aromatic carbocycles. The molecular weight excluding hydrogens is 188 g/mol. The fourth-order valence-electron chi connectivity index (χ4n) is 2.77. The molecule has 0 saturated carbocycles. The van der Waals surface area contributed by atoms with Crippen molar-refractivity contribution in [2.75, 3.05) is 32.8 Å². The topological polar surface area (TPSA) is 24.5 Å². The van der Waals surface area contributed by atoms with Crippen molar-refractivity contribution in [3.63, 3.8) is 0 Å². The van der Waals surface area contributed by atoms with Gasteiger partial charge in [-0.2, -0.15) is 0 Å². The maximum absolute atomic E-state index is 5.47.